The summed E-state index contributed by atoms with van der Waals surface area (Å²) in [6.45, 7) is 0.501. The van der Waals surface area contributed by atoms with Gasteiger partial charge in [-0.05, 0) is 77.9 Å². The van der Waals surface area contributed by atoms with Crippen LogP contribution in [-0.2, 0) is 45.5 Å². The molecule has 0 saturated heterocycles. The second-order valence-corrected chi connectivity index (χ2v) is 13.8. The van der Waals surface area contributed by atoms with E-state index in [0.29, 0.717) is 22.9 Å². The van der Waals surface area contributed by atoms with Gasteiger partial charge in [-0.1, -0.05) is 89.9 Å². The minimum absolute atomic E-state index is 0.0196. The first-order valence-electron chi connectivity index (χ1n) is 14.9. The molecule has 2 amide bonds. The van der Waals surface area contributed by atoms with Crippen molar-refractivity contribution in [1.82, 2.24) is 14.9 Å². The lowest BCUT2D eigenvalue weighted by Gasteiger charge is -2.32. The van der Waals surface area contributed by atoms with Gasteiger partial charge in [0.1, 0.15) is 6.04 Å². The highest BCUT2D eigenvalue weighted by Crippen LogP contribution is 2.23. The number of aryl methyl sites for hydroxylation is 1. The lowest BCUT2D eigenvalue weighted by Crippen LogP contribution is -2.50. The van der Waals surface area contributed by atoms with E-state index >= 15 is 0 Å². The Morgan fingerprint density at radius 3 is 1.93 bits per heavy atom. The SMILES string of the molecule is O=C(NCc1ccc(Cl)cc1)C(Cc1ccccc1)N(Cc1ccc(Cl)cc1)C(=O)CCc1ccc(S(=O)(=O)NC2CC2)cc1. The van der Waals surface area contributed by atoms with E-state index in [0.717, 1.165) is 35.1 Å². The van der Waals surface area contributed by atoms with Crippen molar-refractivity contribution in [3.05, 3.63) is 135 Å². The Bertz CT molecular complexity index is 1700. The molecule has 4 aromatic rings. The molecule has 4 aromatic carbocycles. The van der Waals surface area contributed by atoms with Crippen molar-refractivity contribution in [3.8, 4) is 0 Å². The largest absolute Gasteiger partial charge is 0.350 e. The molecule has 0 aliphatic heterocycles. The molecule has 0 aromatic heterocycles. The number of sulfonamides is 1. The van der Waals surface area contributed by atoms with Crippen LogP contribution >= 0.6 is 23.2 Å². The summed E-state index contributed by atoms with van der Waals surface area (Å²) in [5.74, 6) is -0.464. The van der Waals surface area contributed by atoms with Crippen LogP contribution in [0.3, 0.4) is 0 Å². The molecule has 1 unspecified atom stereocenters. The number of nitrogens with one attached hydrogen (secondary N) is 2. The molecule has 0 spiro atoms. The van der Waals surface area contributed by atoms with Crippen LogP contribution in [0.2, 0.25) is 10.0 Å². The summed E-state index contributed by atoms with van der Waals surface area (Å²) >= 11 is 12.2. The van der Waals surface area contributed by atoms with Crippen LogP contribution in [0.1, 0.15) is 41.5 Å². The Kier molecular flexibility index (Phi) is 10.9. The van der Waals surface area contributed by atoms with Crippen molar-refractivity contribution in [2.75, 3.05) is 0 Å². The highest BCUT2D eigenvalue weighted by molar-refractivity contribution is 7.89. The molecular weight excluding hydrogens is 629 g/mol. The second-order valence-electron chi connectivity index (χ2n) is 11.2. The Balaban J connectivity index is 1.36. The minimum atomic E-state index is -3.56. The summed E-state index contributed by atoms with van der Waals surface area (Å²) in [4.78, 5) is 29.7. The number of nitrogens with zero attached hydrogens (tertiary/aromatic N) is 1. The summed E-state index contributed by atoms with van der Waals surface area (Å²) in [5.41, 5.74) is 3.48. The van der Waals surface area contributed by atoms with Crippen LogP contribution < -0.4 is 10.0 Å². The van der Waals surface area contributed by atoms with Gasteiger partial charge in [0.2, 0.25) is 21.8 Å². The maximum absolute atomic E-state index is 14.0. The number of hydrogen-bond acceptors (Lipinski definition) is 4. The molecule has 10 heteroatoms. The summed E-state index contributed by atoms with van der Waals surface area (Å²) in [6, 6.07) is 29.9. The monoisotopic (exact) mass is 663 g/mol. The van der Waals surface area contributed by atoms with Crippen LogP contribution in [0.5, 0.6) is 0 Å². The topological polar surface area (TPSA) is 95.6 Å². The molecule has 45 heavy (non-hydrogen) atoms. The van der Waals surface area contributed by atoms with Gasteiger partial charge in [0.15, 0.2) is 0 Å². The van der Waals surface area contributed by atoms with Gasteiger partial charge in [0.25, 0.3) is 0 Å². The first-order chi connectivity index (χ1) is 21.7. The average molecular weight is 665 g/mol. The zero-order chi connectivity index (χ0) is 31.8. The maximum Gasteiger partial charge on any atom is 0.243 e. The van der Waals surface area contributed by atoms with Crippen molar-refractivity contribution in [2.24, 2.45) is 0 Å². The Morgan fingerprint density at radius 2 is 1.33 bits per heavy atom. The molecule has 2 N–H and O–H groups in total. The zero-order valence-corrected chi connectivity index (χ0v) is 27.0. The van der Waals surface area contributed by atoms with Crippen LogP contribution in [-0.4, -0.2) is 37.2 Å². The number of amides is 2. The smallest absolute Gasteiger partial charge is 0.243 e. The third kappa shape index (κ3) is 9.65. The van der Waals surface area contributed by atoms with E-state index in [-0.39, 0.29) is 42.3 Å². The molecule has 234 valence electrons. The lowest BCUT2D eigenvalue weighted by molar-refractivity contribution is -0.141. The second kappa shape index (κ2) is 15.1. The van der Waals surface area contributed by atoms with Crippen molar-refractivity contribution < 1.29 is 18.0 Å². The highest BCUT2D eigenvalue weighted by atomic mass is 35.5. The number of benzene rings is 4. The van der Waals surface area contributed by atoms with Gasteiger partial charge in [-0.3, -0.25) is 9.59 Å². The van der Waals surface area contributed by atoms with E-state index in [4.69, 9.17) is 23.2 Å². The van der Waals surface area contributed by atoms with Gasteiger partial charge in [-0.2, -0.15) is 0 Å². The third-order valence-electron chi connectivity index (χ3n) is 7.68. The van der Waals surface area contributed by atoms with Crippen LogP contribution in [0.4, 0.5) is 0 Å². The number of carbonyl (C=O) groups excluding carboxylic acids is 2. The summed E-state index contributed by atoms with van der Waals surface area (Å²) in [6.07, 6.45) is 2.56. The van der Waals surface area contributed by atoms with Crippen LogP contribution in [0, 0.1) is 0 Å². The van der Waals surface area contributed by atoms with Gasteiger partial charge in [-0.15, -0.1) is 0 Å². The first-order valence-corrected chi connectivity index (χ1v) is 17.1. The van der Waals surface area contributed by atoms with Gasteiger partial charge in [-0.25, -0.2) is 13.1 Å². The fraction of sp³-hybridized carbons (Fsp3) is 0.257. The number of carbonyl (C=O) groups is 2. The van der Waals surface area contributed by atoms with Crippen LogP contribution in [0.15, 0.2) is 108 Å². The van der Waals surface area contributed by atoms with Gasteiger partial charge >= 0.3 is 0 Å². The quantitative estimate of drug-likeness (QED) is 0.165. The predicted octanol–water partition coefficient (Wildman–Crippen LogP) is 6.32. The van der Waals surface area contributed by atoms with E-state index in [9.17, 15) is 18.0 Å². The normalized spacial score (nSPS) is 13.6. The molecule has 1 aliphatic carbocycles. The zero-order valence-electron chi connectivity index (χ0n) is 24.7. The Morgan fingerprint density at radius 1 is 0.756 bits per heavy atom. The molecule has 0 heterocycles. The molecule has 0 radical (unpaired) electrons. The Hall–Kier alpha value is -3.69. The predicted molar refractivity (Wildman–Crippen MR) is 177 cm³/mol. The molecule has 1 aliphatic rings. The summed E-state index contributed by atoms with van der Waals surface area (Å²) in [5, 5.41) is 4.21. The van der Waals surface area contributed by atoms with Gasteiger partial charge in [0, 0.05) is 42.0 Å². The molecule has 7 nitrogen and oxygen atoms in total. The Labute approximate surface area is 274 Å². The standard InChI is InChI=1S/C35H35Cl2N3O4S/c36-29-13-6-27(7-14-29)23-38-35(42)33(22-26-4-2-1-3-5-26)40(24-28-8-15-30(37)16-9-28)34(41)21-12-25-10-19-32(20-11-25)45(43,44)39-31-17-18-31/h1-11,13-16,19-20,31,33,39H,12,17-18,21-24H2,(H,38,42). The lowest BCUT2D eigenvalue weighted by atomic mass is 10.0. The highest BCUT2D eigenvalue weighted by Gasteiger charge is 2.31. The molecule has 1 atom stereocenters. The molecule has 1 fully saturated rings. The third-order valence-corrected chi connectivity index (χ3v) is 9.72. The summed E-state index contributed by atoms with van der Waals surface area (Å²) < 4.78 is 27.8. The van der Waals surface area contributed by atoms with E-state index in [1.54, 1.807) is 53.4 Å². The van der Waals surface area contributed by atoms with E-state index in [2.05, 4.69) is 10.0 Å². The van der Waals surface area contributed by atoms with Gasteiger partial charge < -0.3 is 10.2 Å². The summed E-state index contributed by atoms with van der Waals surface area (Å²) in [7, 11) is -3.56. The number of halogens is 2. The molecular formula is C35H35Cl2N3O4S. The van der Waals surface area contributed by atoms with E-state index in [1.165, 1.54) is 0 Å². The fourth-order valence-corrected chi connectivity index (χ4v) is 6.53. The molecule has 0 bridgehead atoms. The first kappa shape index (κ1) is 32.7. The average Bonchev–Trinajstić information content (AvgIpc) is 3.86. The number of rotatable bonds is 14. The van der Waals surface area contributed by atoms with Gasteiger partial charge in [0.05, 0.1) is 4.90 Å². The number of hydrogen-bond donors (Lipinski definition) is 2. The minimum Gasteiger partial charge on any atom is -0.350 e. The maximum atomic E-state index is 14.0. The molecule has 5 rings (SSSR count). The van der Waals surface area contributed by atoms with Crippen molar-refractivity contribution in [2.45, 2.75) is 62.2 Å². The van der Waals surface area contributed by atoms with Crippen LogP contribution in [0.25, 0.3) is 0 Å². The van der Waals surface area contributed by atoms with Crippen molar-refractivity contribution >= 4 is 45.0 Å². The van der Waals surface area contributed by atoms with Crippen molar-refractivity contribution in [1.29, 1.82) is 0 Å². The molecule has 1 saturated carbocycles. The van der Waals surface area contributed by atoms with E-state index in [1.807, 2.05) is 54.6 Å². The van der Waals surface area contributed by atoms with E-state index < -0.39 is 16.1 Å². The fourth-order valence-electron chi connectivity index (χ4n) is 4.97. The van der Waals surface area contributed by atoms with Crippen molar-refractivity contribution in [3.63, 3.8) is 0 Å².